The summed E-state index contributed by atoms with van der Waals surface area (Å²) in [6.07, 6.45) is 6.97. The molecule has 0 aliphatic heterocycles. The molecule has 0 rings (SSSR count). The number of carbonyl (C=O) groups excluding carboxylic acids is 2. The van der Waals surface area contributed by atoms with E-state index in [1.54, 1.807) is 0 Å². The van der Waals surface area contributed by atoms with E-state index in [9.17, 15) is 9.59 Å². The third kappa shape index (κ3) is 10.5. The van der Waals surface area contributed by atoms with E-state index < -0.39 is 0 Å². The van der Waals surface area contributed by atoms with Crippen LogP contribution in [0.5, 0.6) is 0 Å². The number of allylic oxidation sites excluding steroid dienone is 2. The number of carbonyl (C=O) groups is 2. The Morgan fingerprint density at radius 1 is 1.16 bits per heavy atom. The minimum absolute atomic E-state index is 0.0313. The van der Waals surface area contributed by atoms with E-state index in [0.717, 1.165) is 25.7 Å². The average Bonchev–Trinajstić information content (AvgIpc) is 2.37. The molecule has 3 heteroatoms. The first-order valence-electron chi connectivity index (χ1n) is 7.28. The quantitative estimate of drug-likeness (QED) is 0.443. The predicted octanol–water partition coefficient (Wildman–Crippen LogP) is 4.06. The minimum Gasteiger partial charge on any atom is -0.466 e. The van der Waals surface area contributed by atoms with E-state index in [4.69, 9.17) is 4.74 Å². The molecule has 110 valence electrons. The van der Waals surface area contributed by atoms with Gasteiger partial charge in [0.1, 0.15) is 5.78 Å². The molecule has 3 nitrogen and oxygen atoms in total. The molecule has 0 aliphatic carbocycles. The average molecular weight is 268 g/mol. The van der Waals surface area contributed by atoms with E-state index in [1.807, 2.05) is 0 Å². The lowest BCUT2D eigenvalue weighted by Gasteiger charge is -2.12. The van der Waals surface area contributed by atoms with Crippen LogP contribution in [0, 0.1) is 5.92 Å². The highest BCUT2D eigenvalue weighted by molar-refractivity contribution is 5.80. The standard InChI is InChI=1S/C16H28O3/c1-5-15(6-2)9-7-13(3)11-12-19-16(18)10-8-14(4)17/h5,13H,6-12H2,1-4H3. The van der Waals surface area contributed by atoms with Crippen LogP contribution in [-0.4, -0.2) is 18.4 Å². The Morgan fingerprint density at radius 2 is 1.84 bits per heavy atom. The molecule has 0 bridgehead atoms. The van der Waals surface area contributed by atoms with Gasteiger partial charge in [0.25, 0.3) is 0 Å². The SMILES string of the molecule is CC=C(CC)CCC(C)CCOC(=O)CCC(C)=O. The van der Waals surface area contributed by atoms with Crippen LogP contribution in [0.15, 0.2) is 11.6 Å². The van der Waals surface area contributed by atoms with Crippen LogP contribution in [0.2, 0.25) is 0 Å². The Labute approximate surface area is 117 Å². The Bertz CT molecular complexity index is 305. The van der Waals surface area contributed by atoms with E-state index in [0.29, 0.717) is 12.5 Å². The van der Waals surface area contributed by atoms with Crippen LogP contribution in [0.3, 0.4) is 0 Å². The Kier molecular flexibility index (Phi) is 10.1. The molecular formula is C16H28O3. The lowest BCUT2D eigenvalue weighted by atomic mass is 9.97. The van der Waals surface area contributed by atoms with Crippen LogP contribution in [0.25, 0.3) is 0 Å². The second-order valence-corrected chi connectivity index (χ2v) is 5.16. The fraction of sp³-hybridized carbons (Fsp3) is 0.750. The van der Waals surface area contributed by atoms with Crippen LogP contribution in [-0.2, 0) is 14.3 Å². The van der Waals surface area contributed by atoms with Gasteiger partial charge < -0.3 is 9.53 Å². The van der Waals surface area contributed by atoms with Gasteiger partial charge in [-0.3, -0.25) is 4.79 Å². The third-order valence-corrected chi connectivity index (χ3v) is 3.38. The number of esters is 1. The Balaban J connectivity index is 3.65. The van der Waals surface area contributed by atoms with E-state index in [-0.39, 0.29) is 24.6 Å². The van der Waals surface area contributed by atoms with Crippen LogP contribution in [0.1, 0.15) is 66.2 Å². The third-order valence-electron chi connectivity index (χ3n) is 3.38. The second-order valence-electron chi connectivity index (χ2n) is 5.16. The summed E-state index contributed by atoms with van der Waals surface area (Å²) in [5.74, 6) is 0.330. The monoisotopic (exact) mass is 268 g/mol. The maximum atomic E-state index is 11.3. The number of hydrogen-bond donors (Lipinski definition) is 0. The number of ketones is 1. The molecule has 0 spiro atoms. The van der Waals surface area contributed by atoms with Crippen molar-refractivity contribution in [2.24, 2.45) is 5.92 Å². The van der Waals surface area contributed by atoms with Crippen LogP contribution < -0.4 is 0 Å². The molecule has 0 saturated carbocycles. The molecule has 0 amide bonds. The maximum Gasteiger partial charge on any atom is 0.306 e. The highest BCUT2D eigenvalue weighted by atomic mass is 16.5. The van der Waals surface area contributed by atoms with Crippen molar-refractivity contribution in [1.82, 2.24) is 0 Å². The zero-order valence-electron chi connectivity index (χ0n) is 12.8. The molecule has 0 aromatic carbocycles. The molecule has 1 atom stereocenters. The van der Waals surface area contributed by atoms with E-state index in [2.05, 4.69) is 26.8 Å². The first-order chi connectivity index (χ1) is 8.99. The van der Waals surface area contributed by atoms with Gasteiger partial charge in [-0.2, -0.15) is 0 Å². The van der Waals surface area contributed by atoms with Crippen molar-refractivity contribution in [3.63, 3.8) is 0 Å². The molecule has 0 aromatic rings. The van der Waals surface area contributed by atoms with Gasteiger partial charge in [0.2, 0.25) is 0 Å². The van der Waals surface area contributed by atoms with Crippen molar-refractivity contribution in [3.8, 4) is 0 Å². The fourth-order valence-corrected chi connectivity index (χ4v) is 1.83. The summed E-state index contributed by atoms with van der Waals surface area (Å²) in [5, 5.41) is 0. The zero-order chi connectivity index (χ0) is 14.7. The number of Topliss-reactive ketones (excluding diaryl/α,β-unsaturated/α-hetero) is 1. The summed E-state index contributed by atoms with van der Waals surface area (Å²) >= 11 is 0. The molecule has 0 N–H and O–H groups in total. The van der Waals surface area contributed by atoms with Gasteiger partial charge in [-0.05, 0) is 45.4 Å². The highest BCUT2D eigenvalue weighted by Crippen LogP contribution is 2.17. The van der Waals surface area contributed by atoms with Gasteiger partial charge in [-0.1, -0.05) is 25.5 Å². The summed E-state index contributed by atoms with van der Waals surface area (Å²) in [4.78, 5) is 22.0. The molecule has 0 aliphatic rings. The molecule has 0 heterocycles. The molecule has 0 radical (unpaired) electrons. The summed E-state index contributed by atoms with van der Waals surface area (Å²) in [5.41, 5.74) is 1.49. The fourth-order valence-electron chi connectivity index (χ4n) is 1.83. The van der Waals surface area contributed by atoms with Gasteiger partial charge in [-0.15, -0.1) is 0 Å². The number of ether oxygens (including phenoxy) is 1. The van der Waals surface area contributed by atoms with Gasteiger partial charge in [-0.25, -0.2) is 0 Å². The van der Waals surface area contributed by atoms with Crippen molar-refractivity contribution in [2.75, 3.05) is 6.61 Å². The normalized spacial score (nSPS) is 13.2. The second kappa shape index (κ2) is 10.8. The highest BCUT2D eigenvalue weighted by Gasteiger charge is 2.07. The Hall–Kier alpha value is -1.12. The van der Waals surface area contributed by atoms with Gasteiger partial charge in [0.05, 0.1) is 13.0 Å². The topological polar surface area (TPSA) is 43.4 Å². The molecule has 0 aromatic heterocycles. The summed E-state index contributed by atoms with van der Waals surface area (Å²) < 4.78 is 5.12. The van der Waals surface area contributed by atoms with Crippen molar-refractivity contribution in [2.45, 2.75) is 66.2 Å². The Morgan fingerprint density at radius 3 is 2.37 bits per heavy atom. The smallest absolute Gasteiger partial charge is 0.306 e. The van der Waals surface area contributed by atoms with E-state index >= 15 is 0 Å². The molecule has 19 heavy (non-hydrogen) atoms. The van der Waals surface area contributed by atoms with Crippen molar-refractivity contribution in [3.05, 3.63) is 11.6 Å². The summed E-state index contributed by atoms with van der Waals surface area (Å²) in [6, 6.07) is 0. The van der Waals surface area contributed by atoms with Gasteiger partial charge >= 0.3 is 5.97 Å². The lowest BCUT2D eigenvalue weighted by Crippen LogP contribution is -2.10. The zero-order valence-corrected chi connectivity index (χ0v) is 12.8. The molecular weight excluding hydrogens is 240 g/mol. The lowest BCUT2D eigenvalue weighted by molar-refractivity contribution is -0.145. The van der Waals surface area contributed by atoms with Crippen molar-refractivity contribution >= 4 is 11.8 Å². The van der Waals surface area contributed by atoms with Crippen LogP contribution >= 0.6 is 0 Å². The van der Waals surface area contributed by atoms with Crippen LogP contribution in [0.4, 0.5) is 0 Å². The first-order valence-corrected chi connectivity index (χ1v) is 7.28. The van der Waals surface area contributed by atoms with Gasteiger partial charge in [0, 0.05) is 6.42 Å². The van der Waals surface area contributed by atoms with Crippen molar-refractivity contribution in [1.29, 1.82) is 0 Å². The summed E-state index contributed by atoms with van der Waals surface area (Å²) in [6.45, 7) is 8.40. The largest absolute Gasteiger partial charge is 0.466 e. The molecule has 0 fully saturated rings. The van der Waals surface area contributed by atoms with Gasteiger partial charge in [0.15, 0.2) is 0 Å². The van der Waals surface area contributed by atoms with E-state index in [1.165, 1.54) is 12.5 Å². The number of rotatable bonds is 10. The maximum absolute atomic E-state index is 11.3. The first kappa shape index (κ1) is 17.9. The minimum atomic E-state index is -0.259. The summed E-state index contributed by atoms with van der Waals surface area (Å²) in [7, 11) is 0. The van der Waals surface area contributed by atoms with Crippen molar-refractivity contribution < 1.29 is 14.3 Å². The predicted molar refractivity (Wildman–Crippen MR) is 77.9 cm³/mol. The molecule has 1 unspecified atom stereocenters. The number of hydrogen-bond acceptors (Lipinski definition) is 3. The molecule has 0 saturated heterocycles.